The van der Waals surface area contributed by atoms with E-state index in [1.54, 1.807) is 0 Å². The summed E-state index contributed by atoms with van der Waals surface area (Å²) in [4.78, 5) is 12.1. The summed E-state index contributed by atoms with van der Waals surface area (Å²) in [6.45, 7) is 3.93. The number of hydrogen-bond donors (Lipinski definition) is 0. The van der Waals surface area contributed by atoms with E-state index in [9.17, 15) is 13.6 Å². The first kappa shape index (κ1) is 15.7. The van der Waals surface area contributed by atoms with Crippen LogP contribution in [0.2, 0.25) is 0 Å². The highest BCUT2D eigenvalue weighted by Gasteiger charge is 2.10. The van der Waals surface area contributed by atoms with Gasteiger partial charge < -0.3 is 4.42 Å². The van der Waals surface area contributed by atoms with Crippen LogP contribution in [0.5, 0.6) is 0 Å². The molecule has 5 heteroatoms. The number of halogens is 2. The van der Waals surface area contributed by atoms with Crippen molar-refractivity contribution >= 4 is 22.7 Å². The lowest BCUT2D eigenvalue weighted by atomic mass is 10.0. The third kappa shape index (κ3) is 3.29. The number of fused-ring (bicyclic) bond motifs is 1. The summed E-state index contributed by atoms with van der Waals surface area (Å²) in [6, 6.07) is 8.69. The third-order valence-electron chi connectivity index (χ3n) is 3.72. The topological polar surface area (TPSA) is 30.2 Å². The molecule has 0 unspecified atom stereocenters. The van der Waals surface area contributed by atoms with E-state index in [1.165, 1.54) is 30.0 Å². The van der Waals surface area contributed by atoms with Crippen molar-refractivity contribution in [3.63, 3.8) is 0 Å². The minimum absolute atomic E-state index is 0.344. The number of thioether (sulfide) groups is 1. The molecule has 2 aromatic carbocycles. The van der Waals surface area contributed by atoms with Crippen molar-refractivity contribution in [2.45, 2.75) is 24.5 Å². The molecule has 0 spiro atoms. The molecule has 0 aliphatic rings. The average Bonchev–Trinajstić information content (AvgIpc) is 2.48. The summed E-state index contributed by atoms with van der Waals surface area (Å²) in [5.74, 6) is -0.814. The fourth-order valence-electron chi connectivity index (χ4n) is 2.35. The molecule has 0 aliphatic heterocycles. The van der Waals surface area contributed by atoms with Crippen molar-refractivity contribution in [2.24, 2.45) is 0 Å². The molecule has 0 atom stereocenters. The van der Waals surface area contributed by atoms with Crippen LogP contribution in [0.4, 0.5) is 8.78 Å². The Bertz CT molecular complexity index is 948. The van der Waals surface area contributed by atoms with E-state index in [2.05, 4.69) is 0 Å². The van der Waals surface area contributed by atoms with Crippen LogP contribution in [-0.4, -0.2) is 0 Å². The highest BCUT2D eigenvalue weighted by atomic mass is 32.2. The predicted octanol–water partition coefficient (Wildman–Crippen LogP) is 4.98. The summed E-state index contributed by atoms with van der Waals surface area (Å²) in [6.07, 6.45) is 0. The second-order valence-electron chi connectivity index (χ2n) is 5.39. The van der Waals surface area contributed by atoms with E-state index >= 15 is 0 Å². The zero-order chi connectivity index (χ0) is 16.6. The van der Waals surface area contributed by atoms with Gasteiger partial charge in [0.05, 0.1) is 0 Å². The van der Waals surface area contributed by atoms with Gasteiger partial charge in [-0.2, -0.15) is 0 Å². The van der Waals surface area contributed by atoms with Crippen molar-refractivity contribution in [3.05, 3.63) is 75.1 Å². The van der Waals surface area contributed by atoms with Crippen LogP contribution in [0, 0.1) is 25.5 Å². The summed E-state index contributed by atoms with van der Waals surface area (Å²) >= 11 is 1.22. The summed E-state index contributed by atoms with van der Waals surface area (Å²) in [5, 5.41) is 0.836. The van der Waals surface area contributed by atoms with Crippen molar-refractivity contribution in [1.82, 2.24) is 0 Å². The van der Waals surface area contributed by atoms with Crippen LogP contribution in [0.3, 0.4) is 0 Å². The number of benzene rings is 2. The van der Waals surface area contributed by atoms with Gasteiger partial charge in [0.2, 0.25) is 0 Å². The SMILES string of the molecule is Cc1cc2oc(=O)cc(CSc3ccc(F)cc3F)c2cc1C. The van der Waals surface area contributed by atoms with Crippen LogP contribution in [0.15, 0.2) is 50.5 Å². The molecule has 0 fully saturated rings. The largest absolute Gasteiger partial charge is 0.423 e. The Morgan fingerprint density at radius 2 is 1.78 bits per heavy atom. The maximum atomic E-state index is 13.7. The molecule has 118 valence electrons. The molecule has 0 N–H and O–H groups in total. The van der Waals surface area contributed by atoms with Gasteiger partial charge in [-0.15, -0.1) is 11.8 Å². The van der Waals surface area contributed by atoms with Crippen LogP contribution >= 0.6 is 11.8 Å². The molecule has 23 heavy (non-hydrogen) atoms. The van der Waals surface area contributed by atoms with E-state index in [1.807, 2.05) is 26.0 Å². The van der Waals surface area contributed by atoms with Gasteiger partial charge in [-0.05, 0) is 54.8 Å². The monoisotopic (exact) mass is 332 g/mol. The fourth-order valence-corrected chi connectivity index (χ4v) is 3.26. The predicted molar refractivity (Wildman–Crippen MR) is 87.9 cm³/mol. The number of aryl methyl sites for hydroxylation is 2. The molecule has 0 bridgehead atoms. The van der Waals surface area contributed by atoms with Crippen LogP contribution in [0.1, 0.15) is 16.7 Å². The Hall–Kier alpha value is -2.14. The fraction of sp³-hybridized carbons (Fsp3) is 0.167. The van der Waals surface area contributed by atoms with E-state index < -0.39 is 17.3 Å². The molecule has 1 aromatic heterocycles. The van der Waals surface area contributed by atoms with Gasteiger partial charge in [0, 0.05) is 28.2 Å². The van der Waals surface area contributed by atoms with Crippen LogP contribution < -0.4 is 5.63 Å². The number of hydrogen-bond acceptors (Lipinski definition) is 3. The Labute approximate surface area is 136 Å². The molecule has 1 heterocycles. The van der Waals surface area contributed by atoms with Crippen molar-refractivity contribution in [3.8, 4) is 0 Å². The minimum Gasteiger partial charge on any atom is -0.423 e. The van der Waals surface area contributed by atoms with Crippen LogP contribution in [-0.2, 0) is 5.75 Å². The lowest BCUT2D eigenvalue weighted by molar-refractivity contribution is 0.559. The molecule has 0 saturated heterocycles. The van der Waals surface area contributed by atoms with E-state index in [-0.39, 0.29) is 0 Å². The van der Waals surface area contributed by atoms with Crippen molar-refractivity contribution < 1.29 is 13.2 Å². The lowest BCUT2D eigenvalue weighted by Crippen LogP contribution is -2.01. The maximum Gasteiger partial charge on any atom is 0.336 e. The van der Waals surface area contributed by atoms with Gasteiger partial charge in [-0.1, -0.05) is 0 Å². The Morgan fingerprint density at radius 1 is 1.04 bits per heavy atom. The second-order valence-corrected chi connectivity index (χ2v) is 6.40. The Kier molecular flexibility index (Phi) is 4.22. The highest BCUT2D eigenvalue weighted by Crippen LogP contribution is 2.29. The van der Waals surface area contributed by atoms with Gasteiger partial charge >= 0.3 is 5.63 Å². The Morgan fingerprint density at radius 3 is 2.52 bits per heavy atom. The molecule has 0 saturated carbocycles. The first-order valence-corrected chi connectivity index (χ1v) is 8.04. The van der Waals surface area contributed by atoms with Gasteiger partial charge in [0.15, 0.2) is 0 Å². The van der Waals surface area contributed by atoms with E-state index in [0.717, 1.165) is 28.1 Å². The Balaban J connectivity index is 1.99. The molecule has 3 rings (SSSR count). The summed E-state index contributed by atoms with van der Waals surface area (Å²) < 4.78 is 31.9. The molecule has 2 nitrogen and oxygen atoms in total. The smallest absolute Gasteiger partial charge is 0.336 e. The first-order valence-electron chi connectivity index (χ1n) is 7.06. The summed E-state index contributed by atoms with van der Waals surface area (Å²) in [7, 11) is 0. The van der Waals surface area contributed by atoms with Gasteiger partial charge in [-0.3, -0.25) is 0 Å². The van der Waals surface area contributed by atoms with E-state index in [4.69, 9.17) is 4.42 Å². The number of rotatable bonds is 3. The van der Waals surface area contributed by atoms with Crippen molar-refractivity contribution in [1.29, 1.82) is 0 Å². The molecule has 0 amide bonds. The first-order chi connectivity index (χ1) is 10.9. The highest BCUT2D eigenvalue weighted by molar-refractivity contribution is 7.98. The zero-order valence-electron chi connectivity index (χ0n) is 12.7. The molecular formula is C18H14F2O2S. The molecule has 3 aromatic rings. The molecule has 0 radical (unpaired) electrons. The van der Waals surface area contributed by atoms with E-state index in [0.29, 0.717) is 16.2 Å². The maximum absolute atomic E-state index is 13.7. The quantitative estimate of drug-likeness (QED) is 0.500. The van der Waals surface area contributed by atoms with Crippen molar-refractivity contribution in [2.75, 3.05) is 0 Å². The van der Waals surface area contributed by atoms with Gasteiger partial charge in [-0.25, -0.2) is 13.6 Å². The minimum atomic E-state index is -0.608. The van der Waals surface area contributed by atoms with Crippen LogP contribution in [0.25, 0.3) is 11.0 Å². The third-order valence-corrected chi connectivity index (χ3v) is 4.82. The molecular weight excluding hydrogens is 318 g/mol. The lowest BCUT2D eigenvalue weighted by Gasteiger charge is -2.08. The standard InChI is InChI=1S/C18H14F2O2S/c1-10-5-14-12(7-18(21)22-16(14)6-11(10)2)9-23-17-4-3-13(19)8-15(17)20/h3-8H,9H2,1-2H3. The second kappa shape index (κ2) is 6.16. The average molecular weight is 332 g/mol. The normalized spacial score (nSPS) is 11.1. The van der Waals surface area contributed by atoms with Gasteiger partial charge in [0.1, 0.15) is 17.2 Å². The molecule has 0 aliphatic carbocycles. The zero-order valence-corrected chi connectivity index (χ0v) is 13.5. The summed E-state index contributed by atoms with van der Waals surface area (Å²) in [5.41, 5.74) is 2.99. The van der Waals surface area contributed by atoms with Gasteiger partial charge in [0.25, 0.3) is 0 Å².